The summed E-state index contributed by atoms with van der Waals surface area (Å²) in [6.45, 7) is 0. The Balaban J connectivity index is 2.36. The summed E-state index contributed by atoms with van der Waals surface area (Å²) in [4.78, 5) is 11.2. The predicted octanol–water partition coefficient (Wildman–Crippen LogP) is 4.52. The summed E-state index contributed by atoms with van der Waals surface area (Å²) in [7, 11) is 0. The minimum Gasteiger partial charge on any atom is -0.455 e. The van der Waals surface area contributed by atoms with Crippen LogP contribution in [-0.2, 0) is 0 Å². The molecule has 0 radical (unpaired) electrons. The van der Waals surface area contributed by atoms with E-state index in [-0.39, 0.29) is 0 Å². The fourth-order valence-electron chi connectivity index (χ4n) is 1.55. The Labute approximate surface area is 131 Å². The van der Waals surface area contributed by atoms with Crippen LogP contribution in [0.2, 0.25) is 10.0 Å². The van der Waals surface area contributed by atoms with Gasteiger partial charge in [-0.25, -0.2) is 9.10 Å². The van der Waals surface area contributed by atoms with Gasteiger partial charge in [0.1, 0.15) is 5.75 Å². The smallest absolute Gasteiger partial charge is 0.329 e. The zero-order valence-corrected chi connectivity index (χ0v) is 12.5. The Bertz CT molecular complexity index is 632. The highest BCUT2D eigenvalue weighted by molar-refractivity contribution is 7.82. The van der Waals surface area contributed by atoms with E-state index in [1.54, 1.807) is 42.5 Å². The zero-order chi connectivity index (χ0) is 14.7. The Hall–Kier alpha value is -1.56. The van der Waals surface area contributed by atoms with Crippen LogP contribution in [0.4, 0.5) is 10.5 Å². The average molecular weight is 329 g/mol. The van der Waals surface area contributed by atoms with Gasteiger partial charge in [0.05, 0.1) is 5.69 Å². The fourth-order valence-corrected chi connectivity index (χ4v) is 2.22. The van der Waals surface area contributed by atoms with Crippen LogP contribution in [0.15, 0.2) is 42.5 Å². The van der Waals surface area contributed by atoms with E-state index < -0.39 is 6.03 Å². The summed E-state index contributed by atoms with van der Waals surface area (Å²) >= 11 is 15.8. The van der Waals surface area contributed by atoms with Gasteiger partial charge in [-0.2, -0.15) is 0 Å². The summed E-state index contributed by atoms with van der Waals surface area (Å²) in [6.07, 6.45) is 0. The predicted molar refractivity (Wildman–Crippen MR) is 84.0 cm³/mol. The highest BCUT2D eigenvalue weighted by Crippen LogP contribution is 2.34. The molecule has 0 aliphatic carbocycles. The number of nitrogens with zero attached hydrogens (tertiary/aromatic N) is 1. The molecule has 2 aromatic carbocycles. The molecule has 104 valence electrons. The number of urea groups is 1. The van der Waals surface area contributed by atoms with Crippen molar-refractivity contribution in [3.63, 3.8) is 0 Å². The second kappa shape index (κ2) is 6.26. The number of carbonyl (C=O) groups excluding carboxylic acids is 1. The van der Waals surface area contributed by atoms with Gasteiger partial charge in [0.2, 0.25) is 0 Å². The topological polar surface area (TPSA) is 55.6 Å². The molecule has 0 aliphatic rings. The van der Waals surface area contributed by atoms with Crippen molar-refractivity contribution in [3.05, 3.63) is 52.5 Å². The fraction of sp³-hybridized carbons (Fsp3) is 0. The minimum absolute atomic E-state index is 0.402. The highest BCUT2D eigenvalue weighted by atomic mass is 35.5. The van der Waals surface area contributed by atoms with Crippen LogP contribution in [-0.4, -0.2) is 6.03 Å². The molecule has 7 heteroatoms. The number of nitrogens with two attached hydrogens (primary N) is 1. The molecule has 2 N–H and O–H groups in total. The number of para-hydroxylation sites is 2. The monoisotopic (exact) mass is 328 g/mol. The maximum atomic E-state index is 11.2. The second-order valence-corrected chi connectivity index (χ2v) is 5.10. The number of carbonyl (C=O) groups is 1. The summed E-state index contributed by atoms with van der Waals surface area (Å²) in [5.41, 5.74) is 5.61. The van der Waals surface area contributed by atoms with Gasteiger partial charge >= 0.3 is 6.03 Å². The van der Waals surface area contributed by atoms with Crippen LogP contribution in [0.25, 0.3) is 0 Å². The summed E-state index contributed by atoms with van der Waals surface area (Å²) in [5, 5.41) is 0.894. The van der Waals surface area contributed by atoms with Gasteiger partial charge in [0, 0.05) is 10.0 Å². The maximum absolute atomic E-state index is 11.2. The Kier molecular flexibility index (Phi) is 4.65. The third-order valence-electron chi connectivity index (χ3n) is 2.37. The molecule has 0 saturated heterocycles. The number of halogens is 2. The van der Waals surface area contributed by atoms with Crippen molar-refractivity contribution in [2.75, 3.05) is 4.31 Å². The molecule has 20 heavy (non-hydrogen) atoms. The molecule has 0 spiro atoms. The molecule has 0 bridgehead atoms. The van der Waals surface area contributed by atoms with Crippen molar-refractivity contribution in [1.29, 1.82) is 0 Å². The lowest BCUT2D eigenvalue weighted by Crippen LogP contribution is -2.27. The molecular formula is C13H10Cl2N2O2S. The molecule has 0 unspecified atom stereocenters. The van der Waals surface area contributed by atoms with Gasteiger partial charge in [0.25, 0.3) is 0 Å². The van der Waals surface area contributed by atoms with Crippen molar-refractivity contribution in [1.82, 2.24) is 0 Å². The van der Waals surface area contributed by atoms with E-state index in [1.807, 2.05) is 0 Å². The number of ether oxygens (including phenoxy) is 1. The molecular weight excluding hydrogens is 319 g/mol. The van der Waals surface area contributed by atoms with Gasteiger partial charge in [-0.3, -0.25) is 0 Å². The summed E-state index contributed by atoms with van der Waals surface area (Å²) in [6, 6.07) is 10.9. The second-order valence-electron chi connectivity index (χ2n) is 3.82. The van der Waals surface area contributed by atoms with E-state index in [1.165, 1.54) is 0 Å². The van der Waals surface area contributed by atoms with E-state index in [2.05, 4.69) is 12.8 Å². The molecule has 0 aliphatic heterocycles. The first-order valence-corrected chi connectivity index (χ1v) is 6.64. The lowest BCUT2D eigenvalue weighted by Gasteiger charge is -2.17. The molecule has 0 aromatic heterocycles. The van der Waals surface area contributed by atoms with Crippen molar-refractivity contribution in [2.24, 2.45) is 5.73 Å². The largest absolute Gasteiger partial charge is 0.455 e. The van der Waals surface area contributed by atoms with Crippen LogP contribution < -0.4 is 14.8 Å². The number of hydrogen-bond acceptors (Lipinski definition) is 3. The van der Waals surface area contributed by atoms with Crippen LogP contribution in [0.5, 0.6) is 11.5 Å². The average Bonchev–Trinajstić information content (AvgIpc) is 2.37. The van der Waals surface area contributed by atoms with Crippen LogP contribution in [0.3, 0.4) is 0 Å². The number of primary amides is 1. The molecule has 2 rings (SSSR count). The Morgan fingerprint density at radius 3 is 2.35 bits per heavy atom. The third kappa shape index (κ3) is 3.50. The molecule has 0 fully saturated rings. The van der Waals surface area contributed by atoms with Crippen LogP contribution in [0, 0.1) is 0 Å². The quantitative estimate of drug-likeness (QED) is 0.814. The molecule has 0 atom stereocenters. The van der Waals surface area contributed by atoms with Gasteiger partial charge < -0.3 is 10.5 Å². The molecule has 2 aromatic rings. The standard InChI is InChI=1S/C13H10Cl2N2O2S/c14-8-5-9(15)7-10(6-8)19-12-4-2-1-3-11(12)17(20)13(16)18/h1-7,20H,(H2,16,18). The number of anilines is 1. The van der Waals surface area contributed by atoms with Gasteiger partial charge in [0.15, 0.2) is 5.75 Å². The molecule has 0 saturated carbocycles. The first kappa shape index (κ1) is 14.8. The lowest BCUT2D eigenvalue weighted by atomic mass is 10.3. The first-order chi connectivity index (χ1) is 9.47. The summed E-state index contributed by atoms with van der Waals surface area (Å²) in [5.74, 6) is 0.848. The Morgan fingerprint density at radius 1 is 1.15 bits per heavy atom. The molecule has 2 amide bonds. The normalized spacial score (nSPS) is 10.2. The minimum atomic E-state index is -0.714. The number of rotatable bonds is 3. The first-order valence-electron chi connectivity index (χ1n) is 5.49. The van der Waals surface area contributed by atoms with E-state index in [0.29, 0.717) is 27.2 Å². The maximum Gasteiger partial charge on any atom is 0.329 e. The lowest BCUT2D eigenvalue weighted by molar-refractivity contribution is 0.257. The van der Waals surface area contributed by atoms with Gasteiger partial charge in [-0.1, -0.05) is 48.1 Å². The van der Waals surface area contributed by atoms with Crippen molar-refractivity contribution in [3.8, 4) is 11.5 Å². The SMILES string of the molecule is NC(=O)N(S)c1ccccc1Oc1cc(Cl)cc(Cl)c1. The number of amides is 2. The third-order valence-corrected chi connectivity index (χ3v) is 3.22. The van der Waals surface area contributed by atoms with E-state index >= 15 is 0 Å². The number of benzene rings is 2. The van der Waals surface area contributed by atoms with Crippen molar-refractivity contribution >= 4 is 47.7 Å². The highest BCUT2D eigenvalue weighted by Gasteiger charge is 2.14. The van der Waals surface area contributed by atoms with Gasteiger partial charge in [-0.05, 0) is 30.3 Å². The van der Waals surface area contributed by atoms with Gasteiger partial charge in [-0.15, -0.1) is 0 Å². The van der Waals surface area contributed by atoms with E-state index in [0.717, 1.165) is 4.31 Å². The van der Waals surface area contributed by atoms with Crippen molar-refractivity contribution in [2.45, 2.75) is 0 Å². The zero-order valence-electron chi connectivity index (χ0n) is 10.1. The number of hydrogen-bond donors (Lipinski definition) is 2. The molecule has 4 nitrogen and oxygen atoms in total. The van der Waals surface area contributed by atoms with E-state index in [9.17, 15) is 4.79 Å². The summed E-state index contributed by atoms with van der Waals surface area (Å²) < 4.78 is 6.66. The van der Waals surface area contributed by atoms with Crippen molar-refractivity contribution < 1.29 is 9.53 Å². The van der Waals surface area contributed by atoms with Crippen LogP contribution >= 0.6 is 36.0 Å². The molecule has 0 heterocycles. The van der Waals surface area contributed by atoms with E-state index in [4.69, 9.17) is 33.7 Å². The van der Waals surface area contributed by atoms with Crippen LogP contribution in [0.1, 0.15) is 0 Å². The number of thiol groups is 1. The Morgan fingerprint density at radius 2 is 1.75 bits per heavy atom.